The molecular formula is C15H22N2O2S. The lowest BCUT2D eigenvalue weighted by Crippen LogP contribution is -2.45. The van der Waals surface area contributed by atoms with E-state index in [2.05, 4.69) is 10.2 Å². The van der Waals surface area contributed by atoms with Crippen molar-refractivity contribution in [1.82, 2.24) is 10.2 Å². The summed E-state index contributed by atoms with van der Waals surface area (Å²) in [7, 11) is -3.10. The van der Waals surface area contributed by atoms with Gasteiger partial charge in [-0.05, 0) is 36.5 Å². The van der Waals surface area contributed by atoms with Crippen molar-refractivity contribution in [3.05, 3.63) is 29.8 Å². The standard InChI is InChI=1S/C15H22N2O2S/c1-20(18,19)14-6-4-13(5-7-14)15(12-2-3-12)17-10-8-16-9-11-17/h4-7,12,15-16H,2-3,8-11H2,1H3/t15-/m0/s1. The summed E-state index contributed by atoms with van der Waals surface area (Å²) in [5.41, 5.74) is 1.27. The first-order chi connectivity index (χ1) is 9.55. The monoisotopic (exact) mass is 294 g/mol. The summed E-state index contributed by atoms with van der Waals surface area (Å²) in [5.74, 6) is 0.747. The van der Waals surface area contributed by atoms with E-state index in [9.17, 15) is 8.42 Å². The van der Waals surface area contributed by atoms with Gasteiger partial charge in [-0.25, -0.2) is 8.42 Å². The third-order valence-corrected chi connectivity index (χ3v) is 5.39. The molecule has 110 valence electrons. The zero-order chi connectivity index (χ0) is 14.2. The lowest BCUT2D eigenvalue weighted by molar-refractivity contribution is 0.156. The Labute approximate surface area is 121 Å². The molecule has 1 atom stereocenters. The van der Waals surface area contributed by atoms with Gasteiger partial charge < -0.3 is 5.32 Å². The van der Waals surface area contributed by atoms with Crippen LogP contribution >= 0.6 is 0 Å². The largest absolute Gasteiger partial charge is 0.314 e. The van der Waals surface area contributed by atoms with Crippen LogP contribution in [0.5, 0.6) is 0 Å². The molecule has 20 heavy (non-hydrogen) atoms. The van der Waals surface area contributed by atoms with E-state index in [1.807, 2.05) is 12.1 Å². The predicted octanol–water partition coefficient (Wildman–Crippen LogP) is 1.45. The molecule has 1 heterocycles. The van der Waals surface area contributed by atoms with Gasteiger partial charge in [0.15, 0.2) is 9.84 Å². The molecule has 0 amide bonds. The minimum absolute atomic E-state index is 0.413. The maximum Gasteiger partial charge on any atom is 0.175 e. The molecule has 4 nitrogen and oxygen atoms in total. The fourth-order valence-electron chi connectivity index (χ4n) is 3.07. The van der Waals surface area contributed by atoms with Gasteiger partial charge >= 0.3 is 0 Å². The Morgan fingerprint density at radius 2 is 1.75 bits per heavy atom. The number of nitrogens with one attached hydrogen (secondary N) is 1. The normalized spacial score (nSPS) is 22.6. The van der Waals surface area contributed by atoms with Crippen LogP contribution in [0.4, 0.5) is 0 Å². The van der Waals surface area contributed by atoms with Crippen molar-refractivity contribution in [2.45, 2.75) is 23.8 Å². The molecular weight excluding hydrogens is 272 g/mol. The fraction of sp³-hybridized carbons (Fsp3) is 0.600. The highest BCUT2D eigenvalue weighted by Crippen LogP contribution is 2.44. The lowest BCUT2D eigenvalue weighted by atomic mass is 10.00. The van der Waals surface area contributed by atoms with Gasteiger partial charge in [0.1, 0.15) is 0 Å². The van der Waals surface area contributed by atoms with Crippen molar-refractivity contribution in [1.29, 1.82) is 0 Å². The smallest absolute Gasteiger partial charge is 0.175 e. The van der Waals surface area contributed by atoms with Crippen molar-refractivity contribution in [2.24, 2.45) is 5.92 Å². The van der Waals surface area contributed by atoms with Crippen LogP contribution in [0.25, 0.3) is 0 Å². The second-order valence-electron chi connectivity index (χ2n) is 5.91. The van der Waals surface area contributed by atoms with Gasteiger partial charge in [0.2, 0.25) is 0 Å². The minimum atomic E-state index is -3.10. The lowest BCUT2D eigenvalue weighted by Gasteiger charge is -2.35. The molecule has 0 unspecified atom stereocenters. The molecule has 0 radical (unpaired) electrons. The third kappa shape index (κ3) is 3.05. The van der Waals surface area contributed by atoms with Gasteiger partial charge in [-0.1, -0.05) is 12.1 Å². The van der Waals surface area contributed by atoms with Crippen LogP contribution in [-0.4, -0.2) is 45.8 Å². The van der Waals surface area contributed by atoms with Crippen molar-refractivity contribution < 1.29 is 8.42 Å². The first-order valence-corrected chi connectivity index (χ1v) is 9.19. The summed E-state index contributed by atoms with van der Waals surface area (Å²) in [6, 6.07) is 7.97. The molecule has 0 aromatic heterocycles. The van der Waals surface area contributed by atoms with Crippen LogP contribution < -0.4 is 5.32 Å². The topological polar surface area (TPSA) is 49.4 Å². The van der Waals surface area contributed by atoms with Gasteiger partial charge in [-0.15, -0.1) is 0 Å². The van der Waals surface area contributed by atoms with Gasteiger partial charge in [0, 0.05) is 38.5 Å². The van der Waals surface area contributed by atoms with Crippen LogP contribution in [0.2, 0.25) is 0 Å². The molecule has 1 aliphatic carbocycles. The second-order valence-corrected chi connectivity index (χ2v) is 7.93. The molecule has 3 rings (SSSR count). The SMILES string of the molecule is CS(=O)(=O)c1ccc([C@H](C2CC2)N2CCNCC2)cc1. The Bertz CT molecular complexity index is 558. The molecule has 1 saturated carbocycles. The van der Waals surface area contributed by atoms with Crippen molar-refractivity contribution in [3.63, 3.8) is 0 Å². The van der Waals surface area contributed by atoms with E-state index in [0.717, 1.165) is 32.1 Å². The highest BCUT2D eigenvalue weighted by molar-refractivity contribution is 7.90. The van der Waals surface area contributed by atoms with Crippen molar-refractivity contribution in [2.75, 3.05) is 32.4 Å². The highest BCUT2D eigenvalue weighted by atomic mass is 32.2. The maximum atomic E-state index is 11.5. The van der Waals surface area contributed by atoms with Crippen LogP contribution in [-0.2, 0) is 9.84 Å². The van der Waals surface area contributed by atoms with E-state index in [-0.39, 0.29) is 0 Å². The highest BCUT2D eigenvalue weighted by Gasteiger charge is 2.36. The molecule has 1 aliphatic heterocycles. The van der Waals surface area contributed by atoms with Crippen molar-refractivity contribution in [3.8, 4) is 0 Å². The number of nitrogens with zero attached hydrogens (tertiary/aromatic N) is 1. The van der Waals surface area contributed by atoms with Crippen LogP contribution in [0.15, 0.2) is 29.2 Å². The van der Waals surface area contributed by atoms with E-state index in [0.29, 0.717) is 10.9 Å². The van der Waals surface area contributed by atoms with Crippen LogP contribution in [0, 0.1) is 5.92 Å². The van der Waals surface area contributed by atoms with E-state index < -0.39 is 9.84 Å². The molecule has 1 aromatic carbocycles. The van der Waals surface area contributed by atoms with Crippen LogP contribution in [0.1, 0.15) is 24.4 Å². The summed E-state index contributed by atoms with van der Waals surface area (Å²) in [4.78, 5) is 2.96. The minimum Gasteiger partial charge on any atom is -0.314 e. The third-order valence-electron chi connectivity index (χ3n) is 4.26. The van der Waals surface area contributed by atoms with E-state index in [4.69, 9.17) is 0 Å². The van der Waals surface area contributed by atoms with E-state index >= 15 is 0 Å². The first-order valence-electron chi connectivity index (χ1n) is 7.30. The van der Waals surface area contributed by atoms with Gasteiger partial charge in [0.25, 0.3) is 0 Å². The number of piperazine rings is 1. The Hall–Kier alpha value is -0.910. The fourth-order valence-corrected chi connectivity index (χ4v) is 3.70. The first kappa shape index (κ1) is 14.0. The zero-order valence-corrected chi connectivity index (χ0v) is 12.7. The summed E-state index contributed by atoms with van der Waals surface area (Å²) < 4.78 is 23.1. The molecule has 0 bridgehead atoms. The van der Waals surface area contributed by atoms with Gasteiger partial charge in [-0.3, -0.25) is 4.90 Å². The molecule has 0 spiro atoms. The van der Waals surface area contributed by atoms with Crippen LogP contribution in [0.3, 0.4) is 0 Å². The molecule has 1 N–H and O–H groups in total. The summed E-state index contributed by atoms with van der Waals surface area (Å²) in [6.45, 7) is 4.25. The molecule has 1 saturated heterocycles. The van der Waals surface area contributed by atoms with Gasteiger partial charge in [0.05, 0.1) is 4.90 Å². The molecule has 5 heteroatoms. The predicted molar refractivity (Wildman–Crippen MR) is 79.5 cm³/mol. The molecule has 1 aromatic rings. The Kier molecular flexibility index (Phi) is 3.84. The second kappa shape index (κ2) is 5.47. The Morgan fingerprint density at radius 1 is 1.15 bits per heavy atom. The van der Waals surface area contributed by atoms with Crippen molar-refractivity contribution >= 4 is 9.84 Å². The number of hydrogen-bond acceptors (Lipinski definition) is 4. The summed E-state index contributed by atoms with van der Waals surface area (Å²) in [6.07, 6.45) is 3.85. The maximum absolute atomic E-state index is 11.5. The average Bonchev–Trinajstić information content (AvgIpc) is 3.25. The zero-order valence-electron chi connectivity index (χ0n) is 11.9. The average molecular weight is 294 g/mol. The Morgan fingerprint density at radius 3 is 2.25 bits per heavy atom. The molecule has 2 aliphatic rings. The molecule has 2 fully saturated rings. The van der Waals surface area contributed by atoms with E-state index in [1.165, 1.54) is 24.7 Å². The van der Waals surface area contributed by atoms with E-state index in [1.54, 1.807) is 12.1 Å². The summed E-state index contributed by atoms with van der Waals surface area (Å²) in [5, 5.41) is 3.39. The van der Waals surface area contributed by atoms with Gasteiger partial charge in [-0.2, -0.15) is 0 Å². The number of rotatable bonds is 4. The summed E-state index contributed by atoms with van der Waals surface area (Å²) >= 11 is 0. The Balaban J connectivity index is 1.84. The number of hydrogen-bond donors (Lipinski definition) is 1. The number of benzene rings is 1. The number of sulfone groups is 1. The quantitative estimate of drug-likeness (QED) is 0.913.